The summed E-state index contributed by atoms with van der Waals surface area (Å²) in [6.45, 7) is 5.34. The number of anilines is 1. The standard InChI is InChI=1S/C13H19N3O2/c1-9-10(2)14-15-12(11(9)13(17)18)16-7-5-3-4-6-8-16/h3-8H2,1-2H3,(H,17,18). The van der Waals surface area contributed by atoms with Gasteiger partial charge in [0, 0.05) is 13.1 Å². The fourth-order valence-electron chi connectivity index (χ4n) is 2.36. The minimum Gasteiger partial charge on any atom is -0.478 e. The van der Waals surface area contributed by atoms with Crippen LogP contribution in [0.2, 0.25) is 0 Å². The van der Waals surface area contributed by atoms with Gasteiger partial charge in [-0.2, -0.15) is 5.10 Å². The van der Waals surface area contributed by atoms with Gasteiger partial charge in [0.25, 0.3) is 0 Å². The summed E-state index contributed by atoms with van der Waals surface area (Å²) in [6.07, 6.45) is 4.59. The van der Waals surface area contributed by atoms with Crippen molar-refractivity contribution < 1.29 is 9.90 Å². The molecule has 5 heteroatoms. The molecule has 0 amide bonds. The lowest BCUT2D eigenvalue weighted by Crippen LogP contribution is -2.28. The Labute approximate surface area is 107 Å². The second-order valence-electron chi connectivity index (χ2n) is 4.82. The SMILES string of the molecule is Cc1nnc(N2CCCCCC2)c(C(=O)O)c1C. The molecule has 0 unspecified atom stereocenters. The van der Waals surface area contributed by atoms with E-state index in [0.717, 1.165) is 31.5 Å². The molecule has 0 aromatic carbocycles. The van der Waals surface area contributed by atoms with Gasteiger partial charge in [-0.25, -0.2) is 4.79 Å². The maximum atomic E-state index is 11.4. The monoisotopic (exact) mass is 249 g/mol. The lowest BCUT2D eigenvalue weighted by Gasteiger charge is -2.23. The van der Waals surface area contributed by atoms with Crippen LogP contribution in [-0.2, 0) is 0 Å². The highest BCUT2D eigenvalue weighted by molar-refractivity contribution is 5.95. The number of carbonyl (C=O) groups is 1. The van der Waals surface area contributed by atoms with E-state index in [0.29, 0.717) is 17.1 Å². The Morgan fingerprint density at radius 1 is 1.11 bits per heavy atom. The number of aryl methyl sites for hydroxylation is 1. The van der Waals surface area contributed by atoms with Gasteiger partial charge in [0.05, 0.1) is 5.69 Å². The normalized spacial score (nSPS) is 16.4. The highest BCUT2D eigenvalue weighted by Gasteiger charge is 2.22. The molecule has 1 aliphatic rings. The zero-order valence-corrected chi connectivity index (χ0v) is 10.9. The van der Waals surface area contributed by atoms with Crippen molar-refractivity contribution in [3.05, 3.63) is 16.8 Å². The van der Waals surface area contributed by atoms with Crippen LogP contribution in [0.4, 0.5) is 5.82 Å². The molecular formula is C13H19N3O2. The topological polar surface area (TPSA) is 66.3 Å². The van der Waals surface area contributed by atoms with E-state index in [9.17, 15) is 9.90 Å². The van der Waals surface area contributed by atoms with Crippen LogP contribution in [0.1, 0.15) is 47.3 Å². The van der Waals surface area contributed by atoms with Crippen molar-refractivity contribution in [1.82, 2.24) is 10.2 Å². The van der Waals surface area contributed by atoms with Crippen molar-refractivity contribution in [2.75, 3.05) is 18.0 Å². The van der Waals surface area contributed by atoms with Crippen LogP contribution in [0.3, 0.4) is 0 Å². The molecule has 5 nitrogen and oxygen atoms in total. The second kappa shape index (κ2) is 5.33. The fourth-order valence-corrected chi connectivity index (χ4v) is 2.36. The van der Waals surface area contributed by atoms with Crippen molar-refractivity contribution in [1.29, 1.82) is 0 Å². The van der Waals surface area contributed by atoms with Crippen molar-refractivity contribution in [2.24, 2.45) is 0 Å². The van der Waals surface area contributed by atoms with E-state index < -0.39 is 5.97 Å². The van der Waals surface area contributed by atoms with Crippen LogP contribution in [0, 0.1) is 13.8 Å². The van der Waals surface area contributed by atoms with Gasteiger partial charge in [-0.1, -0.05) is 12.8 Å². The summed E-state index contributed by atoms with van der Waals surface area (Å²) in [5.74, 6) is -0.378. The first-order chi connectivity index (χ1) is 8.61. The predicted octanol–water partition coefficient (Wildman–Crippen LogP) is 2.17. The van der Waals surface area contributed by atoms with Crippen LogP contribution < -0.4 is 4.90 Å². The minimum absolute atomic E-state index is 0.310. The molecule has 0 spiro atoms. The molecule has 2 heterocycles. The molecule has 1 saturated heterocycles. The third-order valence-electron chi connectivity index (χ3n) is 3.56. The Balaban J connectivity index is 2.42. The third-order valence-corrected chi connectivity index (χ3v) is 3.56. The van der Waals surface area contributed by atoms with E-state index in [2.05, 4.69) is 15.1 Å². The Kier molecular flexibility index (Phi) is 3.79. The zero-order chi connectivity index (χ0) is 13.1. The maximum Gasteiger partial charge on any atom is 0.339 e. The summed E-state index contributed by atoms with van der Waals surface area (Å²) < 4.78 is 0. The summed E-state index contributed by atoms with van der Waals surface area (Å²) in [5, 5.41) is 17.6. The number of carboxylic acid groups (broad SMARTS) is 1. The Morgan fingerprint density at radius 3 is 2.28 bits per heavy atom. The van der Waals surface area contributed by atoms with Gasteiger partial charge in [-0.3, -0.25) is 0 Å². The Morgan fingerprint density at radius 2 is 1.72 bits per heavy atom. The van der Waals surface area contributed by atoms with Crippen LogP contribution in [0.5, 0.6) is 0 Å². The summed E-state index contributed by atoms with van der Waals surface area (Å²) in [5.41, 5.74) is 1.71. The molecule has 0 aliphatic carbocycles. The minimum atomic E-state index is -0.912. The van der Waals surface area contributed by atoms with E-state index in [1.807, 2.05) is 0 Å². The highest BCUT2D eigenvalue weighted by Crippen LogP contribution is 2.24. The summed E-state index contributed by atoms with van der Waals surface area (Å²) in [6, 6.07) is 0. The molecule has 1 aromatic rings. The summed E-state index contributed by atoms with van der Waals surface area (Å²) >= 11 is 0. The number of hydrogen-bond donors (Lipinski definition) is 1. The molecule has 2 rings (SSSR count). The number of rotatable bonds is 2. The van der Waals surface area contributed by atoms with Crippen LogP contribution in [0.25, 0.3) is 0 Å². The maximum absolute atomic E-state index is 11.4. The van der Waals surface area contributed by atoms with E-state index in [-0.39, 0.29) is 0 Å². The molecule has 1 N–H and O–H groups in total. The molecule has 1 aromatic heterocycles. The largest absolute Gasteiger partial charge is 0.478 e. The van der Waals surface area contributed by atoms with Gasteiger partial charge in [0.15, 0.2) is 5.82 Å². The first kappa shape index (κ1) is 12.8. The second-order valence-corrected chi connectivity index (χ2v) is 4.82. The van der Waals surface area contributed by atoms with E-state index in [4.69, 9.17) is 0 Å². The van der Waals surface area contributed by atoms with E-state index >= 15 is 0 Å². The van der Waals surface area contributed by atoms with Crippen LogP contribution in [-0.4, -0.2) is 34.4 Å². The first-order valence-electron chi connectivity index (χ1n) is 6.43. The lowest BCUT2D eigenvalue weighted by atomic mass is 10.1. The van der Waals surface area contributed by atoms with Gasteiger partial charge in [-0.15, -0.1) is 5.10 Å². The highest BCUT2D eigenvalue weighted by atomic mass is 16.4. The third kappa shape index (κ3) is 2.44. The molecular weight excluding hydrogens is 230 g/mol. The molecule has 98 valence electrons. The fraction of sp³-hybridized carbons (Fsp3) is 0.615. The van der Waals surface area contributed by atoms with Gasteiger partial charge in [0.1, 0.15) is 5.56 Å². The Bertz CT molecular complexity index is 452. The molecule has 0 atom stereocenters. The van der Waals surface area contributed by atoms with Crippen molar-refractivity contribution >= 4 is 11.8 Å². The van der Waals surface area contributed by atoms with Crippen molar-refractivity contribution in [2.45, 2.75) is 39.5 Å². The van der Waals surface area contributed by atoms with Gasteiger partial charge >= 0.3 is 5.97 Å². The zero-order valence-electron chi connectivity index (χ0n) is 10.9. The van der Waals surface area contributed by atoms with Gasteiger partial charge < -0.3 is 10.0 Å². The first-order valence-corrected chi connectivity index (χ1v) is 6.43. The number of hydrogen-bond acceptors (Lipinski definition) is 4. The number of aromatic nitrogens is 2. The van der Waals surface area contributed by atoms with Crippen molar-refractivity contribution in [3.63, 3.8) is 0 Å². The molecule has 18 heavy (non-hydrogen) atoms. The molecule has 1 fully saturated rings. The molecule has 0 bridgehead atoms. The molecule has 1 aliphatic heterocycles. The van der Waals surface area contributed by atoms with Crippen LogP contribution in [0.15, 0.2) is 0 Å². The lowest BCUT2D eigenvalue weighted by molar-refractivity contribution is 0.0696. The number of nitrogens with zero attached hydrogens (tertiary/aromatic N) is 3. The summed E-state index contributed by atoms with van der Waals surface area (Å²) in [4.78, 5) is 13.5. The average molecular weight is 249 g/mol. The summed E-state index contributed by atoms with van der Waals surface area (Å²) in [7, 11) is 0. The smallest absolute Gasteiger partial charge is 0.339 e. The number of aromatic carboxylic acids is 1. The van der Waals surface area contributed by atoms with E-state index in [1.165, 1.54) is 12.8 Å². The van der Waals surface area contributed by atoms with Gasteiger partial charge in [-0.05, 0) is 32.3 Å². The quantitative estimate of drug-likeness (QED) is 0.870. The number of carboxylic acids is 1. The van der Waals surface area contributed by atoms with Gasteiger partial charge in [0.2, 0.25) is 0 Å². The molecule has 0 radical (unpaired) electrons. The van der Waals surface area contributed by atoms with Crippen LogP contribution >= 0.6 is 0 Å². The Hall–Kier alpha value is -1.65. The molecule has 0 saturated carbocycles. The van der Waals surface area contributed by atoms with Crippen molar-refractivity contribution in [3.8, 4) is 0 Å². The average Bonchev–Trinajstić information content (AvgIpc) is 2.60. The predicted molar refractivity (Wildman–Crippen MR) is 69.1 cm³/mol. The van der Waals surface area contributed by atoms with E-state index in [1.54, 1.807) is 13.8 Å².